The summed E-state index contributed by atoms with van der Waals surface area (Å²) in [5.74, 6) is -5.45. The van der Waals surface area contributed by atoms with Crippen molar-refractivity contribution in [2.24, 2.45) is 28.7 Å². The van der Waals surface area contributed by atoms with E-state index in [1.54, 1.807) is 0 Å². The molecule has 0 bridgehead atoms. The lowest BCUT2D eigenvalue weighted by molar-refractivity contribution is -0.145. The van der Waals surface area contributed by atoms with Crippen molar-refractivity contribution >= 4 is 59.2 Å². The molecule has 25 heteroatoms. The second kappa shape index (κ2) is 26.1. The van der Waals surface area contributed by atoms with E-state index < -0.39 is 102 Å². The van der Waals surface area contributed by atoms with Crippen LogP contribution in [0.1, 0.15) is 90.4 Å². The largest absolute Gasteiger partial charge is 0.391 e. The average molecular weight is 907 g/mol. The third kappa shape index (κ3) is 15.8. The maximum atomic E-state index is 14.3. The van der Waals surface area contributed by atoms with E-state index in [1.165, 1.54) is 21.6 Å². The van der Waals surface area contributed by atoms with Crippen LogP contribution in [0.2, 0.25) is 0 Å². The molecule has 0 aromatic heterocycles. The number of likely N-dealkylation sites (tertiary alicyclic amines) is 3. The molecule has 3 aliphatic heterocycles. The number of hydrogen-bond acceptors (Lipinski definition) is 13. The highest BCUT2D eigenvalue weighted by atomic mass is 16.3. The quantitative estimate of drug-likeness (QED) is 0.0231. The fourth-order valence-corrected chi connectivity index (χ4v) is 8.10. The molecule has 360 valence electrons. The maximum absolute atomic E-state index is 14.3. The van der Waals surface area contributed by atoms with Gasteiger partial charge in [-0.3, -0.25) is 49.2 Å². The number of aliphatic hydroxyl groups is 1. The first-order chi connectivity index (χ1) is 30.4. The van der Waals surface area contributed by atoms with E-state index in [-0.39, 0.29) is 83.2 Å². The van der Waals surface area contributed by atoms with Crippen molar-refractivity contribution in [1.82, 2.24) is 46.6 Å². The van der Waals surface area contributed by atoms with Crippen LogP contribution >= 0.6 is 0 Å². The van der Waals surface area contributed by atoms with E-state index in [0.29, 0.717) is 51.5 Å². The molecule has 0 spiro atoms. The second-order valence-electron chi connectivity index (χ2n) is 16.4. The van der Waals surface area contributed by atoms with Crippen LogP contribution in [0.15, 0.2) is 0 Å². The lowest BCUT2D eigenvalue weighted by Crippen LogP contribution is -2.59. The molecule has 3 aliphatic rings. The van der Waals surface area contributed by atoms with Crippen LogP contribution in [0.4, 0.5) is 0 Å². The van der Waals surface area contributed by atoms with Gasteiger partial charge in [0.25, 0.3) is 0 Å². The van der Waals surface area contributed by atoms with E-state index in [9.17, 15) is 43.5 Å². The summed E-state index contributed by atoms with van der Waals surface area (Å²) in [5, 5.41) is 40.5. The first kappa shape index (κ1) is 52.5. The fourth-order valence-electron chi connectivity index (χ4n) is 8.10. The summed E-state index contributed by atoms with van der Waals surface area (Å²) in [6.07, 6.45) is 3.27. The van der Waals surface area contributed by atoms with E-state index in [2.05, 4.69) is 31.9 Å². The number of carbonyl (C=O) groups is 8. The summed E-state index contributed by atoms with van der Waals surface area (Å²) in [6.45, 7) is 2.33. The predicted octanol–water partition coefficient (Wildman–Crippen LogP) is -5.62. The highest BCUT2D eigenvalue weighted by molar-refractivity contribution is 5.97. The zero-order valence-electron chi connectivity index (χ0n) is 36.7. The van der Waals surface area contributed by atoms with Crippen molar-refractivity contribution in [2.75, 3.05) is 45.8 Å². The Morgan fingerprint density at radius 2 is 1.06 bits per heavy atom. The van der Waals surface area contributed by atoms with Gasteiger partial charge in [0.2, 0.25) is 47.3 Å². The number of nitrogens with one attached hydrogen (secondary N) is 8. The van der Waals surface area contributed by atoms with Crippen molar-refractivity contribution in [3.63, 3.8) is 0 Å². The molecular formula is C39H70N16O9. The summed E-state index contributed by atoms with van der Waals surface area (Å²) < 4.78 is 0. The van der Waals surface area contributed by atoms with E-state index >= 15 is 0 Å². The topological polar surface area (TPSA) is 416 Å². The molecule has 0 aromatic carbocycles. The number of unbranched alkanes of at least 4 members (excludes halogenated alkanes) is 1. The van der Waals surface area contributed by atoms with Crippen LogP contribution < -0.4 is 60.6 Å². The Morgan fingerprint density at radius 3 is 1.55 bits per heavy atom. The zero-order chi connectivity index (χ0) is 47.5. The van der Waals surface area contributed by atoms with E-state index in [0.717, 1.165) is 0 Å². The standard InChI is InChI=1S/C39H70N16O9/c1-22(56)30(41)35(62)52-24(9-2-3-15-40)36(63)55-20-8-14-28(55)34(61)51-25(11-5-17-48-39(45)46)37(64)54-19-7-12-26(54)32(59)49-21-29(57)53-18-6-13-27(53)33(60)50-23(31(42)58)10-4-16-47-38(43)44/h22-28,30,56H,2-21,40-41H2,1H3,(H2,42,58)(H,49,59)(H,50,60)(H,51,61)(H,52,62)(H4,43,44,47)(H4,45,46,48)/t22-,23+,24+,25+,26+,27+,28+,30+/m1/s1. The van der Waals surface area contributed by atoms with Gasteiger partial charge in [-0.05, 0) is 96.9 Å². The predicted molar refractivity (Wildman–Crippen MR) is 233 cm³/mol. The van der Waals surface area contributed by atoms with Gasteiger partial charge in [-0.2, -0.15) is 0 Å². The van der Waals surface area contributed by atoms with Crippen LogP contribution in [0.25, 0.3) is 0 Å². The van der Waals surface area contributed by atoms with Crippen molar-refractivity contribution in [1.29, 1.82) is 10.8 Å². The Bertz CT molecular complexity index is 1680. The highest BCUT2D eigenvalue weighted by Gasteiger charge is 2.42. The van der Waals surface area contributed by atoms with Gasteiger partial charge in [0.05, 0.1) is 12.6 Å². The third-order valence-electron chi connectivity index (χ3n) is 11.6. The summed E-state index contributed by atoms with van der Waals surface area (Å²) in [7, 11) is 0. The summed E-state index contributed by atoms with van der Waals surface area (Å²) in [4.78, 5) is 111. The van der Waals surface area contributed by atoms with Gasteiger partial charge in [-0.1, -0.05) is 0 Å². The van der Waals surface area contributed by atoms with Gasteiger partial charge in [-0.15, -0.1) is 0 Å². The highest BCUT2D eigenvalue weighted by Crippen LogP contribution is 2.23. The molecule has 8 amide bonds. The molecule has 0 aromatic rings. The van der Waals surface area contributed by atoms with Crippen LogP contribution in [-0.4, -0.2) is 173 Å². The minimum Gasteiger partial charge on any atom is -0.391 e. The Kier molecular flexibility index (Phi) is 21.4. The van der Waals surface area contributed by atoms with Crippen LogP contribution in [0.3, 0.4) is 0 Å². The summed E-state index contributed by atoms with van der Waals surface area (Å²) in [6, 6.07) is -7.41. The Hall–Kier alpha value is -5.82. The van der Waals surface area contributed by atoms with Gasteiger partial charge in [0, 0.05) is 32.7 Å². The second-order valence-corrected chi connectivity index (χ2v) is 16.4. The van der Waals surface area contributed by atoms with Crippen LogP contribution in [-0.2, 0) is 38.4 Å². The number of amides is 8. The summed E-state index contributed by atoms with van der Waals surface area (Å²) in [5.41, 5.74) is 27.7. The number of hydrogen-bond donors (Lipinski definition) is 14. The van der Waals surface area contributed by atoms with E-state index in [4.69, 9.17) is 39.5 Å². The number of carbonyl (C=O) groups excluding carboxylic acids is 8. The zero-order valence-corrected chi connectivity index (χ0v) is 36.7. The Labute approximate surface area is 372 Å². The van der Waals surface area contributed by atoms with Crippen molar-refractivity contribution in [3.05, 3.63) is 0 Å². The van der Waals surface area contributed by atoms with E-state index in [1.807, 2.05) is 0 Å². The molecule has 25 nitrogen and oxygen atoms in total. The van der Waals surface area contributed by atoms with Crippen LogP contribution in [0, 0.1) is 10.8 Å². The lowest BCUT2D eigenvalue weighted by Gasteiger charge is -2.32. The van der Waals surface area contributed by atoms with Crippen molar-refractivity contribution < 1.29 is 43.5 Å². The lowest BCUT2D eigenvalue weighted by atomic mass is 10.0. The molecule has 3 saturated heterocycles. The number of nitrogens with zero attached hydrogens (tertiary/aromatic N) is 3. The monoisotopic (exact) mass is 907 g/mol. The Morgan fingerprint density at radius 1 is 0.625 bits per heavy atom. The first-order valence-electron chi connectivity index (χ1n) is 22.1. The third-order valence-corrected chi connectivity index (χ3v) is 11.6. The van der Waals surface area contributed by atoms with Gasteiger partial charge < -0.3 is 80.4 Å². The number of nitrogens with two attached hydrogens (primary N) is 5. The minimum atomic E-state index is -1.29. The number of guanidine groups is 2. The normalized spacial score (nSPS) is 20.6. The maximum Gasteiger partial charge on any atom is 0.245 e. The molecular weight excluding hydrogens is 837 g/mol. The molecule has 19 N–H and O–H groups in total. The van der Waals surface area contributed by atoms with Crippen molar-refractivity contribution in [2.45, 2.75) is 139 Å². The number of rotatable bonds is 25. The smallest absolute Gasteiger partial charge is 0.245 e. The molecule has 0 aliphatic carbocycles. The molecule has 0 radical (unpaired) electrons. The molecule has 3 rings (SSSR count). The van der Waals surface area contributed by atoms with Crippen LogP contribution in [0.5, 0.6) is 0 Å². The molecule has 0 unspecified atom stereocenters. The van der Waals surface area contributed by atoms with Gasteiger partial charge in [0.15, 0.2) is 11.9 Å². The molecule has 8 atom stereocenters. The minimum absolute atomic E-state index is 0.0776. The summed E-state index contributed by atoms with van der Waals surface area (Å²) >= 11 is 0. The first-order valence-corrected chi connectivity index (χ1v) is 22.1. The van der Waals surface area contributed by atoms with Gasteiger partial charge in [0.1, 0.15) is 42.3 Å². The Balaban J connectivity index is 1.69. The van der Waals surface area contributed by atoms with Gasteiger partial charge >= 0.3 is 0 Å². The number of aliphatic hydroxyl groups excluding tert-OH is 1. The van der Waals surface area contributed by atoms with Gasteiger partial charge in [-0.25, -0.2) is 0 Å². The fraction of sp³-hybridized carbons (Fsp3) is 0.744. The average Bonchev–Trinajstić information content (AvgIpc) is 4.05. The molecule has 0 saturated carbocycles. The molecule has 64 heavy (non-hydrogen) atoms. The molecule has 3 heterocycles. The SMILES string of the molecule is C[C@@H](O)[C@H](N)C(=O)N[C@@H](CCCCN)C(=O)N1CCC[C@H]1C(=O)N[C@@H](CCCNC(=N)N)C(=O)N1CCC[C@H]1C(=O)NCC(=O)N1CCC[C@H]1C(=O)N[C@@H](CCCNC(=N)N)C(N)=O. The molecule has 3 fully saturated rings. The van der Waals surface area contributed by atoms with Crippen molar-refractivity contribution in [3.8, 4) is 0 Å². The number of primary amides is 1.